The summed E-state index contributed by atoms with van der Waals surface area (Å²) >= 11 is 5.82. The maximum Gasteiger partial charge on any atom is 0.258 e. The number of aliphatic hydroxyl groups excluding tert-OH is 1. The number of nitrogens with one attached hydrogen (secondary N) is 1. The van der Waals surface area contributed by atoms with E-state index < -0.39 is 6.10 Å². The molecule has 1 unspecified atom stereocenters. The third-order valence-corrected chi connectivity index (χ3v) is 2.51. The van der Waals surface area contributed by atoms with Crippen LogP contribution >= 0.6 is 11.6 Å². The SMILES string of the molecule is COCC(O)CCNc1nc(Cl)nc(-n2cncn2)n1. The number of anilines is 1. The minimum absolute atomic E-state index is 0.0467. The first-order chi connectivity index (χ1) is 9.69. The van der Waals surface area contributed by atoms with Gasteiger partial charge in [-0.05, 0) is 18.0 Å². The van der Waals surface area contributed by atoms with Gasteiger partial charge in [0.15, 0.2) is 0 Å². The Bertz CT molecular complexity index is 536. The normalized spacial score (nSPS) is 12.3. The molecular formula is C10H14ClN7O2. The van der Waals surface area contributed by atoms with Crippen molar-refractivity contribution in [3.8, 4) is 5.95 Å². The van der Waals surface area contributed by atoms with Crippen LogP contribution in [-0.2, 0) is 4.74 Å². The summed E-state index contributed by atoms with van der Waals surface area (Å²) in [6.07, 6.45) is 2.78. The maximum absolute atomic E-state index is 9.52. The van der Waals surface area contributed by atoms with E-state index in [1.54, 1.807) is 0 Å². The number of aromatic nitrogens is 6. The van der Waals surface area contributed by atoms with E-state index in [-0.39, 0.29) is 17.8 Å². The fraction of sp³-hybridized carbons (Fsp3) is 0.500. The molecule has 9 nitrogen and oxygen atoms in total. The summed E-state index contributed by atoms with van der Waals surface area (Å²) in [7, 11) is 1.53. The zero-order chi connectivity index (χ0) is 14.4. The molecular weight excluding hydrogens is 286 g/mol. The van der Waals surface area contributed by atoms with Gasteiger partial charge in [-0.1, -0.05) is 0 Å². The number of methoxy groups -OCH3 is 1. The van der Waals surface area contributed by atoms with Gasteiger partial charge in [0.05, 0.1) is 12.7 Å². The Balaban J connectivity index is 1.98. The highest BCUT2D eigenvalue weighted by atomic mass is 35.5. The zero-order valence-corrected chi connectivity index (χ0v) is 11.5. The van der Waals surface area contributed by atoms with E-state index in [0.717, 1.165) is 0 Å². The average Bonchev–Trinajstić information content (AvgIpc) is 2.92. The lowest BCUT2D eigenvalue weighted by Crippen LogP contribution is -2.19. The second kappa shape index (κ2) is 7.08. The molecule has 1 atom stereocenters. The third kappa shape index (κ3) is 4.08. The molecule has 10 heteroatoms. The Morgan fingerprint density at radius 3 is 3.00 bits per heavy atom. The van der Waals surface area contributed by atoms with Crippen LogP contribution in [0.5, 0.6) is 0 Å². The van der Waals surface area contributed by atoms with Crippen LogP contribution in [0.2, 0.25) is 5.28 Å². The van der Waals surface area contributed by atoms with Crippen molar-refractivity contribution >= 4 is 17.5 Å². The maximum atomic E-state index is 9.52. The summed E-state index contributed by atoms with van der Waals surface area (Å²) in [4.78, 5) is 15.8. The number of halogens is 1. The van der Waals surface area contributed by atoms with E-state index in [2.05, 4.69) is 30.4 Å². The molecule has 0 saturated carbocycles. The fourth-order valence-electron chi connectivity index (χ4n) is 1.46. The Labute approximate surface area is 120 Å². The van der Waals surface area contributed by atoms with Crippen molar-refractivity contribution < 1.29 is 9.84 Å². The molecule has 0 bridgehead atoms. The van der Waals surface area contributed by atoms with Gasteiger partial charge in [-0.2, -0.15) is 24.7 Å². The van der Waals surface area contributed by atoms with Crippen molar-refractivity contribution in [2.24, 2.45) is 0 Å². The molecule has 20 heavy (non-hydrogen) atoms. The largest absolute Gasteiger partial charge is 0.391 e. The van der Waals surface area contributed by atoms with Crippen LogP contribution < -0.4 is 5.32 Å². The second-order valence-corrected chi connectivity index (χ2v) is 4.23. The van der Waals surface area contributed by atoms with Crippen LogP contribution in [0.15, 0.2) is 12.7 Å². The highest BCUT2D eigenvalue weighted by molar-refractivity contribution is 6.28. The molecule has 0 aromatic carbocycles. The van der Waals surface area contributed by atoms with Gasteiger partial charge in [0.2, 0.25) is 11.2 Å². The number of hydrogen-bond donors (Lipinski definition) is 2. The second-order valence-electron chi connectivity index (χ2n) is 3.89. The minimum Gasteiger partial charge on any atom is -0.391 e. The molecule has 2 heterocycles. The molecule has 2 rings (SSSR count). The van der Waals surface area contributed by atoms with Crippen LogP contribution in [0, 0.1) is 0 Å². The molecule has 0 aliphatic carbocycles. The Hall–Kier alpha value is -1.84. The molecule has 2 N–H and O–H groups in total. The Morgan fingerprint density at radius 1 is 1.45 bits per heavy atom. The van der Waals surface area contributed by atoms with E-state index in [9.17, 15) is 5.11 Å². The predicted molar refractivity (Wildman–Crippen MR) is 70.7 cm³/mol. The monoisotopic (exact) mass is 299 g/mol. The number of hydrogen-bond acceptors (Lipinski definition) is 8. The summed E-state index contributed by atoms with van der Waals surface area (Å²) in [6.45, 7) is 0.755. The molecule has 2 aromatic rings. The smallest absolute Gasteiger partial charge is 0.258 e. The minimum atomic E-state index is -0.542. The summed E-state index contributed by atoms with van der Waals surface area (Å²) in [5, 5.41) is 16.4. The highest BCUT2D eigenvalue weighted by Crippen LogP contribution is 2.08. The third-order valence-electron chi connectivity index (χ3n) is 2.34. The molecule has 108 valence electrons. The molecule has 0 aliphatic rings. The lowest BCUT2D eigenvalue weighted by atomic mass is 10.3. The van der Waals surface area contributed by atoms with Crippen LogP contribution in [0.3, 0.4) is 0 Å². The van der Waals surface area contributed by atoms with Crippen LogP contribution in [0.4, 0.5) is 5.95 Å². The predicted octanol–water partition coefficient (Wildman–Crippen LogP) is -0.0850. The van der Waals surface area contributed by atoms with Crippen molar-refractivity contribution in [3.63, 3.8) is 0 Å². The van der Waals surface area contributed by atoms with Gasteiger partial charge in [0.25, 0.3) is 5.95 Å². The molecule has 2 aromatic heterocycles. The van der Waals surface area contributed by atoms with E-state index in [1.807, 2.05) is 0 Å². The van der Waals surface area contributed by atoms with E-state index >= 15 is 0 Å². The van der Waals surface area contributed by atoms with Crippen molar-refractivity contribution in [2.45, 2.75) is 12.5 Å². The highest BCUT2D eigenvalue weighted by Gasteiger charge is 2.08. The van der Waals surface area contributed by atoms with Gasteiger partial charge >= 0.3 is 0 Å². The standard InChI is InChI=1S/C10H14ClN7O2/c1-20-4-7(19)2-3-13-9-15-8(11)16-10(17-9)18-6-12-5-14-18/h5-7,19H,2-4H2,1H3,(H,13,15,16,17). The first-order valence-electron chi connectivity index (χ1n) is 5.86. The summed E-state index contributed by atoms with van der Waals surface area (Å²) < 4.78 is 6.21. The van der Waals surface area contributed by atoms with Gasteiger partial charge in [0, 0.05) is 13.7 Å². The molecule has 0 fully saturated rings. The topological polar surface area (TPSA) is 111 Å². The molecule has 0 spiro atoms. The van der Waals surface area contributed by atoms with Gasteiger partial charge in [0.1, 0.15) is 12.7 Å². The lowest BCUT2D eigenvalue weighted by Gasteiger charge is -2.10. The van der Waals surface area contributed by atoms with Crippen molar-refractivity contribution in [2.75, 3.05) is 25.6 Å². The number of rotatable bonds is 7. The van der Waals surface area contributed by atoms with Crippen molar-refractivity contribution in [1.82, 2.24) is 29.7 Å². The van der Waals surface area contributed by atoms with Gasteiger partial charge in [-0.3, -0.25) is 0 Å². The van der Waals surface area contributed by atoms with Gasteiger partial charge in [-0.25, -0.2) is 4.98 Å². The van der Waals surface area contributed by atoms with Crippen LogP contribution in [-0.4, -0.2) is 61.2 Å². The van der Waals surface area contributed by atoms with E-state index in [1.165, 1.54) is 24.4 Å². The summed E-state index contributed by atoms with van der Waals surface area (Å²) in [5.74, 6) is 0.572. The summed E-state index contributed by atoms with van der Waals surface area (Å²) in [6, 6.07) is 0. The van der Waals surface area contributed by atoms with Crippen LogP contribution in [0.25, 0.3) is 5.95 Å². The van der Waals surface area contributed by atoms with E-state index in [4.69, 9.17) is 16.3 Å². The number of nitrogens with zero attached hydrogens (tertiary/aromatic N) is 6. The molecule has 0 aliphatic heterocycles. The number of aliphatic hydroxyl groups is 1. The quantitative estimate of drug-likeness (QED) is 0.730. The molecule has 0 radical (unpaired) electrons. The summed E-state index contributed by atoms with van der Waals surface area (Å²) in [5.41, 5.74) is 0. The van der Waals surface area contributed by atoms with Gasteiger partial charge in [-0.15, -0.1) is 0 Å². The lowest BCUT2D eigenvalue weighted by molar-refractivity contribution is 0.0615. The fourth-order valence-corrected chi connectivity index (χ4v) is 1.61. The van der Waals surface area contributed by atoms with E-state index in [0.29, 0.717) is 18.9 Å². The zero-order valence-electron chi connectivity index (χ0n) is 10.8. The van der Waals surface area contributed by atoms with Gasteiger partial charge < -0.3 is 15.2 Å². The number of ether oxygens (including phenoxy) is 1. The van der Waals surface area contributed by atoms with Crippen molar-refractivity contribution in [3.05, 3.63) is 17.9 Å². The van der Waals surface area contributed by atoms with Crippen molar-refractivity contribution in [1.29, 1.82) is 0 Å². The molecule has 0 saturated heterocycles. The average molecular weight is 300 g/mol. The first kappa shape index (κ1) is 14.6. The molecule has 0 amide bonds. The Kier molecular flexibility index (Phi) is 5.16. The first-order valence-corrected chi connectivity index (χ1v) is 6.24. The van der Waals surface area contributed by atoms with Crippen LogP contribution in [0.1, 0.15) is 6.42 Å². The Morgan fingerprint density at radius 2 is 2.30 bits per heavy atom.